The smallest absolute Gasteiger partial charge is 0.187 e. The van der Waals surface area contributed by atoms with E-state index in [4.69, 9.17) is 5.73 Å². The van der Waals surface area contributed by atoms with Crippen molar-refractivity contribution in [2.45, 2.75) is 17.5 Å². The van der Waals surface area contributed by atoms with Gasteiger partial charge in [-0.3, -0.25) is 0 Å². The number of hydrogen-bond acceptors (Lipinski definition) is 4. The highest BCUT2D eigenvalue weighted by Crippen LogP contribution is 2.21. The van der Waals surface area contributed by atoms with Crippen molar-refractivity contribution in [3.8, 4) is 0 Å². The van der Waals surface area contributed by atoms with Gasteiger partial charge in [0.25, 0.3) is 0 Å². The minimum absolute atomic E-state index is 0.226. The Kier molecular flexibility index (Phi) is 4.06. The quantitative estimate of drug-likeness (QED) is 0.667. The molecule has 2 aromatic rings. The number of aromatic nitrogens is 2. The highest BCUT2D eigenvalue weighted by molar-refractivity contribution is 7.98. The highest BCUT2D eigenvalue weighted by Gasteiger charge is 2.04. The van der Waals surface area contributed by atoms with Gasteiger partial charge in [-0.15, -0.1) is 0 Å². The third-order valence-corrected chi connectivity index (χ3v) is 3.18. The highest BCUT2D eigenvalue weighted by atomic mass is 32.2. The molecule has 0 aliphatic heterocycles. The zero-order chi connectivity index (χ0) is 12.1. The van der Waals surface area contributed by atoms with Gasteiger partial charge in [0.05, 0.1) is 0 Å². The molecule has 0 spiro atoms. The summed E-state index contributed by atoms with van der Waals surface area (Å²) < 4.78 is 13.6. The lowest BCUT2D eigenvalue weighted by molar-refractivity contribution is 0.615. The Morgan fingerprint density at radius 1 is 1.24 bits per heavy atom. The Balaban J connectivity index is 2.04. The Morgan fingerprint density at radius 2 is 2.00 bits per heavy atom. The van der Waals surface area contributed by atoms with Crippen molar-refractivity contribution < 1.29 is 4.39 Å². The number of rotatable bonds is 4. The van der Waals surface area contributed by atoms with Crippen molar-refractivity contribution in [1.82, 2.24) is 9.97 Å². The second-order valence-electron chi connectivity index (χ2n) is 3.45. The van der Waals surface area contributed by atoms with Crippen LogP contribution in [0.5, 0.6) is 0 Å². The zero-order valence-electron chi connectivity index (χ0n) is 9.14. The zero-order valence-corrected chi connectivity index (χ0v) is 9.95. The molecule has 0 amide bonds. The van der Waals surface area contributed by atoms with Crippen molar-refractivity contribution in [3.05, 3.63) is 53.6 Å². The van der Waals surface area contributed by atoms with Crippen molar-refractivity contribution in [2.24, 2.45) is 5.73 Å². The molecule has 2 rings (SSSR count). The third kappa shape index (κ3) is 3.25. The summed E-state index contributed by atoms with van der Waals surface area (Å²) in [5.41, 5.74) is 6.88. The predicted molar refractivity (Wildman–Crippen MR) is 65.9 cm³/mol. The largest absolute Gasteiger partial charge is 0.326 e. The van der Waals surface area contributed by atoms with E-state index in [1.165, 1.54) is 17.8 Å². The predicted octanol–water partition coefficient (Wildman–Crippen LogP) is 2.37. The summed E-state index contributed by atoms with van der Waals surface area (Å²) in [5, 5.41) is 0.648. The summed E-state index contributed by atoms with van der Waals surface area (Å²) >= 11 is 1.41. The molecule has 1 aromatic carbocycles. The van der Waals surface area contributed by atoms with Crippen molar-refractivity contribution >= 4 is 11.8 Å². The molecule has 0 aliphatic carbocycles. The molecule has 2 N–H and O–H groups in total. The fourth-order valence-electron chi connectivity index (χ4n) is 1.34. The van der Waals surface area contributed by atoms with Crippen molar-refractivity contribution in [3.63, 3.8) is 0 Å². The average molecular weight is 249 g/mol. The Hall–Kier alpha value is -1.46. The molecule has 0 saturated carbocycles. The molecular formula is C12H12FN3S. The summed E-state index contributed by atoms with van der Waals surface area (Å²) in [6.07, 6.45) is 3.34. The van der Waals surface area contributed by atoms with Crippen LogP contribution in [0, 0.1) is 5.82 Å². The van der Waals surface area contributed by atoms with Gasteiger partial charge in [-0.25, -0.2) is 14.4 Å². The first-order chi connectivity index (χ1) is 8.29. The van der Waals surface area contributed by atoms with Crippen LogP contribution >= 0.6 is 11.8 Å². The van der Waals surface area contributed by atoms with Crippen LogP contribution < -0.4 is 5.73 Å². The van der Waals surface area contributed by atoms with Crippen LogP contribution in [0.2, 0.25) is 0 Å². The summed E-state index contributed by atoms with van der Waals surface area (Å²) in [5.74, 6) is 0.289. The lowest BCUT2D eigenvalue weighted by atomic mass is 10.1. The first-order valence-electron chi connectivity index (χ1n) is 5.17. The molecule has 0 bridgehead atoms. The molecule has 0 radical (unpaired) electrons. The second kappa shape index (κ2) is 5.75. The Morgan fingerprint density at radius 3 is 2.65 bits per heavy atom. The molecule has 0 atom stereocenters. The maximum Gasteiger partial charge on any atom is 0.187 e. The molecule has 0 aliphatic rings. The fraction of sp³-hybridized carbons (Fsp3) is 0.167. The van der Waals surface area contributed by atoms with E-state index < -0.39 is 0 Å². The van der Waals surface area contributed by atoms with Crippen LogP contribution in [0.25, 0.3) is 0 Å². The van der Waals surface area contributed by atoms with Crippen LogP contribution in [0.1, 0.15) is 11.1 Å². The van der Waals surface area contributed by atoms with Gasteiger partial charge in [0.15, 0.2) is 5.16 Å². The first kappa shape index (κ1) is 12.0. The molecule has 1 aromatic heterocycles. The summed E-state index contributed by atoms with van der Waals surface area (Å²) in [6, 6.07) is 6.82. The molecule has 0 unspecified atom stereocenters. The molecule has 0 saturated heterocycles. The monoisotopic (exact) mass is 249 g/mol. The van der Waals surface area contributed by atoms with Gasteiger partial charge in [0.1, 0.15) is 5.82 Å². The van der Waals surface area contributed by atoms with Crippen LogP contribution in [-0.4, -0.2) is 9.97 Å². The van der Waals surface area contributed by atoms with Crippen LogP contribution in [-0.2, 0) is 12.3 Å². The third-order valence-electron chi connectivity index (χ3n) is 2.25. The standard InChI is InChI=1S/C12H12FN3S/c13-11-6-9(7-14)2-3-10(11)8-17-12-15-4-1-5-16-12/h1-6H,7-8,14H2. The van der Waals surface area contributed by atoms with E-state index in [0.717, 1.165) is 5.56 Å². The maximum atomic E-state index is 13.6. The molecular weight excluding hydrogens is 237 g/mol. The van der Waals surface area contributed by atoms with Crippen molar-refractivity contribution in [2.75, 3.05) is 0 Å². The molecule has 1 heterocycles. The summed E-state index contributed by atoms with van der Waals surface area (Å²) in [4.78, 5) is 8.13. The lowest BCUT2D eigenvalue weighted by Crippen LogP contribution is -1.98. The number of thioether (sulfide) groups is 1. The van der Waals surface area contributed by atoms with E-state index in [2.05, 4.69) is 9.97 Å². The number of hydrogen-bond donors (Lipinski definition) is 1. The van der Waals surface area contributed by atoms with Gasteiger partial charge >= 0.3 is 0 Å². The first-order valence-corrected chi connectivity index (χ1v) is 6.15. The average Bonchev–Trinajstić information content (AvgIpc) is 2.38. The minimum Gasteiger partial charge on any atom is -0.326 e. The topological polar surface area (TPSA) is 51.8 Å². The van der Waals surface area contributed by atoms with Gasteiger partial charge in [-0.1, -0.05) is 23.9 Å². The summed E-state index contributed by atoms with van der Waals surface area (Å²) in [7, 11) is 0. The summed E-state index contributed by atoms with van der Waals surface area (Å²) in [6.45, 7) is 0.353. The van der Waals surface area contributed by atoms with E-state index in [-0.39, 0.29) is 5.82 Å². The number of benzene rings is 1. The van der Waals surface area contributed by atoms with Crippen LogP contribution in [0.4, 0.5) is 4.39 Å². The van der Waals surface area contributed by atoms with Gasteiger partial charge in [0.2, 0.25) is 0 Å². The lowest BCUT2D eigenvalue weighted by Gasteiger charge is -2.04. The number of halogens is 1. The van der Waals surface area contributed by atoms with E-state index >= 15 is 0 Å². The molecule has 0 fully saturated rings. The Bertz CT molecular complexity index is 490. The maximum absolute atomic E-state index is 13.6. The SMILES string of the molecule is NCc1ccc(CSc2ncccn2)c(F)c1. The van der Waals surface area contributed by atoms with Gasteiger partial charge in [-0.2, -0.15) is 0 Å². The Labute approximate surface area is 103 Å². The van der Waals surface area contributed by atoms with E-state index in [9.17, 15) is 4.39 Å². The van der Waals surface area contributed by atoms with Gasteiger partial charge in [0, 0.05) is 24.7 Å². The normalized spacial score (nSPS) is 10.5. The van der Waals surface area contributed by atoms with E-state index in [0.29, 0.717) is 23.0 Å². The van der Waals surface area contributed by atoms with Crippen molar-refractivity contribution in [1.29, 1.82) is 0 Å². The molecule has 17 heavy (non-hydrogen) atoms. The van der Waals surface area contributed by atoms with Gasteiger partial charge < -0.3 is 5.73 Å². The minimum atomic E-state index is -0.226. The molecule has 3 nitrogen and oxygen atoms in total. The second-order valence-corrected chi connectivity index (χ2v) is 4.39. The molecule has 88 valence electrons. The van der Waals surface area contributed by atoms with E-state index in [1.54, 1.807) is 24.5 Å². The number of nitrogens with two attached hydrogens (primary N) is 1. The van der Waals surface area contributed by atoms with Crippen LogP contribution in [0.15, 0.2) is 41.8 Å². The van der Waals surface area contributed by atoms with E-state index in [1.807, 2.05) is 6.07 Å². The number of nitrogens with zero attached hydrogens (tertiary/aromatic N) is 2. The molecule has 5 heteroatoms. The van der Waals surface area contributed by atoms with Gasteiger partial charge in [-0.05, 0) is 23.3 Å². The van der Waals surface area contributed by atoms with Crippen LogP contribution in [0.3, 0.4) is 0 Å². The fourth-order valence-corrected chi connectivity index (χ4v) is 2.13.